The van der Waals surface area contributed by atoms with Gasteiger partial charge < -0.3 is 5.32 Å². The Morgan fingerprint density at radius 1 is 1.25 bits per heavy atom. The van der Waals surface area contributed by atoms with E-state index in [0.29, 0.717) is 11.1 Å². The summed E-state index contributed by atoms with van der Waals surface area (Å²) in [5.41, 5.74) is 0.909. The average Bonchev–Trinajstić information content (AvgIpc) is 3.06. The number of hydrogen-bond acceptors (Lipinski definition) is 2. The van der Waals surface area contributed by atoms with Crippen LogP contribution in [0.1, 0.15) is 52.9 Å². The van der Waals surface area contributed by atoms with E-state index in [-0.39, 0.29) is 0 Å². The van der Waals surface area contributed by atoms with Gasteiger partial charge in [-0.2, -0.15) is 0 Å². The van der Waals surface area contributed by atoms with E-state index in [1.54, 1.807) is 0 Å². The van der Waals surface area contributed by atoms with Crippen LogP contribution in [0.15, 0.2) is 0 Å². The summed E-state index contributed by atoms with van der Waals surface area (Å²) >= 11 is 0. The van der Waals surface area contributed by atoms with Crippen LogP contribution in [0.2, 0.25) is 0 Å². The summed E-state index contributed by atoms with van der Waals surface area (Å²) in [5.74, 6) is 0.957. The van der Waals surface area contributed by atoms with E-state index in [1.165, 1.54) is 45.2 Å². The molecular weight excluding hydrogens is 196 g/mol. The van der Waals surface area contributed by atoms with Crippen molar-refractivity contribution in [2.24, 2.45) is 5.92 Å². The molecule has 2 nitrogen and oxygen atoms in total. The van der Waals surface area contributed by atoms with Crippen LogP contribution in [0.5, 0.6) is 0 Å². The molecule has 0 aromatic rings. The molecule has 1 unspecified atom stereocenters. The molecule has 3 heterocycles. The van der Waals surface area contributed by atoms with Crippen LogP contribution in [0.4, 0.5) is 0 Å². The van der Waals surface area contributed by atoms with E-state index in [9.17, 15) is 0 Å². The monoisotopic (exact) mass is 222 g/mol. The average molecular weight is 222 g/mol. The second-order valence-electron chi connectivity index (χ2n) is 6.79. The van der Waals surface area contributed by atoms with Gasteiger partial charge in [0.15, 0.2) is 0 Å². The van der Waals surface area contributed by atoms with Crippen molar-refractivity contribution in [3.63, 3.8) is 0 Å². The predicted molar refractivity (Wildman–Crippen MR) is 67.6 cm³/mol. The van der Waals surface area contributed by atoms with Crippen LogP contribution in [-0.4, -0.2) is 35.1 Å². The first-order chi connectivity index (χ1) is 7.57. The van der Waals surface area contributed by atoms with Gasteiger partial charge >= 0.3 is 0 Å². The van der Waals surface area contributed by atoms with Crippen LogP contribution >= 0.6 is 0 Å². The lowest BCUT2D eigenvalue weighted by molar-refractivity contribution is -0.0135. The fraction of sp³-hybridized carbons (Fsp3) is 1.00. The summed E-state index contributed by atoms with van der Waals surface area (Å²) in [6, 6.07) is 0.782. The van der Waals surface area contributed by atoms with Gasteiger partial charge in [0.25, 0.3) is 0 Å². The van der Waals surface area contributed by atoms with Gasteiger partial charge in [-0.05, 0) is 65.0 Å². The highest BCUT2D eigenvalue weighted by molar-refractivity contribution is 5.19. The molecule has 0 aromatic heterocycles. The van der Waals surface area contributed by atoms with Gasteiger partial charge in [-0.1, -0.05) is 6.92 Å². The summed E-state index contributed by atoms with van der Waals surface area (Å²) in [4.78, 5) is 2.79. The maximum Gasteiger partial charge on any atom is 0.0366 e. The second-order valence-corrected chi connectivity index (χ2v) is 6.79. The molecule has 92 valence electrons. The summed E-state index contributed by atoms with van der Waals surface area (Å²) in [6.07, 6.45) is 6.98. The number of hydrogen-bond donors (Lipinski definition) is 1. The maximum atomic E-state index is 3.99. The van der Waals surface area contributed by atoms with Crippen molar-refractivity contribution in [3.8, 4) is 0 Å². The molecule has 4 aliphatic rings. The summed E-state index contributed by atoms with van der Waals surface area (Å²) < 4.78 is 0. The third-order valence-corrected chi connectivity index (χ3v) is 5.41. The number of fused-ring (bicyclic) bond motifs is 2. The molecule has 3 aliphatic heterocycles. The lowest BCUT2D eigenvalue weighted by Gasteiger charge is -2.54. The van der Waals surface area contributed by atoms with Crippen molar-refractivity contribution in [2.75, 3.05) is 13.1 Å². The van der Waals surface area contributed by atoms with Crippen LogP contribution < -0.4 is 5.32 Å². The Hall–Kier alpha value is -0.0800. The van der Waals surface area contributed by atoms with E-state index >= 15 is 0 Å². The van der Waals surface area contributed by atoms with Gasteiger partial charge in [-0.3, -0.25) is 4.90 Å². The van der Waals surface area contributed by atoms with E-state index in [4.69, 9.17) is 0 Å². The van der Waals surface area contributed by atoms with Crippen LogP contribution in [0.3, 0.4) is 0 Å². The second kappa shape index (κ2) is 3.46. The van der Waals surface area contributed by atoms with E-state index in [2.05, 4.69) is 31.0 Å². The maximum absolute atomic E-state index is 3.99. The normalized spacial score (nSPS) is 40.3. The Morgan fingerprint density at radius 3 is 2.38 bits per heavy atom. The molecule has 1 N–H and O–H groups in total. The van der Waals surface area contributed by atoms with Crippen molar-refractivity contribution in [3.05, 3.63) is 0 Å². The lowest BCUT2D eigenvalue weighted by Crippen LogP contribution is -2.67. The van der Waals surface area contributed by atoms with E-state index < -0.39 is 0 Å². The SMILES string of the molecule is CCC(C)(C)NC1C2CCN(CC2)C12CC2. The first-order valence-corrected chi connectivity index (χ1v) is 7.10. The van der Waals surface area contributed by atoms with Gasteiger partial charge in [0.05, 0.1) is 0 Å². The zero-order valence-corrected chi connectivity index (χ0v) is 11.1. The Bertz CT molecular complexity index is 272. The summed E-state index contributed by atoms with van der Waals surface area (Å²) in [6.45, 7) is 9.76. The van der Waals surface area contributed by atoms with Crippen molar-refractivity contribution in [1.29, 1.82) is 0 Å². The number of rotatable bonds is 3. The minimum absolute atomic E-state index is 0.318. The first-order valence-electron chi connectivity index (χ1n) is 7.10. The third kappa shape index (κ3) is 1.53. The molecule has 4 rings (SSSR count). The fourth-order valence-electron chi connectivity index (χ4n) is 3.84. The highest BCUT2D eigenvalue weighted by Crippen LogP contribution is 2.54. The van der Waals surface area contributed by atoms with Gasteiger partial charge in [0.2, 0.25) is 0 Å². The topological polar surface area (TPSA) is 15.3 Å². The van der Waals surface area contributed by atoms with Crippen molar-refractivity contribution in [2.45, 2.75) is 70.0 Å². The van der Waals surface area contributed by atoms with Gasteiger partial charge in [-0.25, -0.2) is 0 Å². The summed E-state index contributed by atoms with van der Waals surface area (Å²) in [7, 11) is 0. The Labute approximate surface area is 99.8 Å². The molecule has 0 amide bonds. The number of nitrogens with zero attached hydrogens (tertiary/aromatic N) is 1. The quantitative estimate of drug-likeness (QED) is 0.789. The molecule has 1 atom stereocenters. The minimum atomic E-state index is 0.318. The highest BCUT2D eigenvalue weighted by atomic mass is 15.3. The number of nitrogens with one attached hydrogen (secondary N) is 1. The molecule has 1 spiro atoms. The van der Waals surface area contributed by atoms with E-state index in [1.807, 2.05) is 0 Å². The molecule has 4 fully saturated rings. The molecule has 16 heavy (non-hydrogen) atoms. The van der Waals surface area contributed by atoms with Gasteiger partial charge in [-0.15, -0.1) is 0 Å². The van der Waals surface area contributed by atoms with Crippen molar-refractivity contribution >= 4 is 0 Å². The highest BCUT2D eigenvalue weighted by Gasteiger charge is 2.60. The van der Waals surface area contributed by atoms with Crippen LogP contribution in [0, 0.1) is 5.92 Å². The van der Waals surface area contributed by atoms with E-state index in [0.717, 1.165) is 12.0 Å². The van der Waals surface area contributed by atoms with Crippen molar-refractivity contribution < 1.29 is 0 Å². The minimum Gasteiger partial charge on any atom is -0.307 e. The smallest absolute Gasteiger partial charge is 0.0366 e. The molecule has 2 heteroatoms. The summed E-state index contributed by atoms with van der Waals surface area (Å²) in [5, 5.41) is 3.99. The Kier molecular flexibility index (Phi) is 2.38. The zero-order chi connectivity index (χ0) is 11.4. The van der Waals surface area contributed by atoms with Crippen LogP contribution in [0.25, 0.3) is 0 Å². The number of piperidine rings is 3. The van der Waals surface area contributed by atoms with Crippen LogP contribution in [-0.2, 0) is 0 Å². The largest absolute Gasteiger partial charge is 0.307 e. The molecule has 3 saturated heterocycles. The zero-order valence-electron chi connectivity index (χ0n) is 11.1. The Balaban J connectivity index is 1.78. The first kappa shape index (κ1) is 11.0. The molecule has 0 radical (unpaired) electrons. The lowest BCUT2D eigenvalue weighted by atomic mass is 9.75. The van der Waals surface area contributed by atoms with Gasteiger partial charge in [0, 0.05) is 17.1 Å². The molecule has 1 aliphatic carbocycles. The van der Waals surface area contributed by atoms with Gasteiger partial charge in [0.1, 0.15) is 0 Å². The van der Waals surface area contributed by atoms with Crippen molar-refractivity contribution in [1.82, 2.24) is 10.2 Å². The predicted octanol–water partition coefficient (Wildman–Crippen LogP) is 2.39. The third-order valence-electron chi connectivity index (χ3n) is 5.41. The molecule has 0 aromatic carbocycles. The fourth-order valence-corrected chi connectivity index (χ4v) is 3.84. The standard InChI is InChI=1S/C14H26N2/c1-4-13(2,3)15-12-11-5-9-16(10-6-11)14(12)7-8-14/h11-12,15H,4-10H2,1-3H3. The molecule has 2 bridgehead atoms. The Morgan fingerprint density at radius 2 is 1.88 bits per heavy atom. The molecular formula is C14H26N2. The molecule has 1 saturated carbocycles.